The zero-order valence-corrected chi connectivity index (χ0v) is 10.2. The fourth-order valence-corrected chi connectivity index (χ4v) is 2.17. The van der Waals surface area contributed by atoms with Gasteiger partial charge in [-0.05, 0) is 26.7 Å². The van der Waals surface area contributed by atoms with Crippen LogP contribution < -0.4 is 5.73 Å². The molecule has 1 saturated carbocycles. The number of carbonyl (C=O) groups is 1. The van der Waals surface area contributed by atoms with Crippen LogP contribution in [0.1, 0.15) is 33.1 Å². The maximum atomic E-state index is 12.3. The topological polar surface area (TPSA) is 70.1 Å². The minimum Gasteiger partial charge on any atom is -0.341 e. The number of amides is 1. The second kappa shape index (κ2) is 5.31. The van der Waals surface area contributed by atoms with Gasteiger partial charge in [0.1, 0.15) is 0 Å². The second-order valence-electron chi connectivity index (χ2n) is 4.71. The van der Waals surface area contributed by atoms with Crippen molar-refractivity contribution in [2.45, 2.75) is 33.1 Å². The van der Waals surface area contributed by atoms with Gasteiger partial charge in [-0.3, -0.25) is 4.79 Å². The molecule has 4 heteroatoms. The molecule has 0 aromatic heterocycles. The summed E-state index contributed by atoms with van der Waals surface area (Å²) in [6.45, 7) is 5.40. The third-order valence-corrected chi connectivity index (χ3v) is 3.54. The van der Waals surface area contributed by atoms with E-state index < -0.39 is 0 Å². The van der Waals surface area contributed by atoms with Gasteiger partial charge in [0.05, 0.1) is 17.4 Å². The predicted octanol–water partition coefficient (Wildman–Crippen LogP) is 1.12. The molecule has 1 amide bonds. The largest absolute Gasteiger partial charge is 0.341 e. The average molecular weight is 223 g/mol. The summed E-state index contributed by atoms with van der Waals surface area (Å²) in [5.41, 5.74) is 5.40. The summed E-state index contributed by atoms with van der Waals surface area (Å²) in [5, 5.41) is 8.78. The highest BCUT2D eigenvalue weighted by molar-refractivity contribution is 5.84. The number of hydrogen-bond donors (Lipinski definition) is 1. The Hall–Kier alpha value is -1.08. The molecule has 0 aromatic rings. The minimum absolute atomic E-state index is 0.112. The van der Waals surface area contributed by atoms with Crippen molar-refractivity contribution in [1.29, 1.82) is 5.26 Å². The van der Waals surface area contributed by atoms with Crippen LogP contribution in [0.4, 0.5) is 0 Å². The SMILES string of the molecule is CCN(CC(C)C#N)C(=O)C1(CN)CCC1. The molecule has 4 nitrogen and oxygen atoms in total. The van der Waals surface area contributed by atoms with Gasteiger partial charge in [-0.25, -0.2) is 0 Å². The monoisotopic (exact) mass is 223 g/mol. The lowest BCUT2D eigenvalue weighted by Gasteiger charge is -2.42. The zero-order valence-electron chi connectivity index (χ0n) is 10.2. The minimum atomic E-state index is -0.314. The summed E-state index contributed by atoms with van der Waals surface area (Å²) < 4.78 is 0. The van der Waals surface area contributed by atoms with Crippen LogP contribution in [0.5, 0.6) is 0 Å². The second-order valence-corrected chi connectivity index (χ2v) is 4.71. The van der Waals surface area contributed by atoms with Crippen molar-refractivity contribution in [2.75, 3.05) is 19.6 Å². The van der Waals surface area contributed by atoms with Crippen LogP contribution in [0.25, 0.3) is 0 Å². The zero-order chi connectivity index (χ0) is 12.2. The Morgan fingerprint density at radius 1 is 1.62 bits per heavy atom. The van der Waals surface area contributed by atoms with Crippen LogP contribution in [-0.4, -0.2) is 30.4 Å². The molecule has 0 saturated heterocycles. The van der Waals surface area contributed by atoms with Gasteiger partial charge in [-0.2, -0.15) is 5.26 Å². The van der Waals surface area contributed by atoms with E-state index >= 15 is 0 Å². The molecular formula is C12H21N3O. The maximum absolute atomic E-state index is 12.3. The van der Waals surface area contributed by atoms with Crippen LogP contribution in [0, 0.1) is 22.7 Å². The first-order valence-corrected chi connectivity index (χ1v) is 5.98. The third-order valence-electron chi connectivity index (χ3n) is 3.54. The van der Waals surface area contributed by atoms with Crippen LogP contribution in [-0.2, 0) is 4.79 Å². The van der Waals surface area contributed by atoms with Crippen LogP contribution >= 0.6 is 0 Å². The molecule has 1 aliphatic rings. The van der Waals surface area contributed by atoms with E-state index in [-0.39, 0.29) is 17.2 Å². The molecule has 0 bridgehead atoms. The van der Waals surface area contributed by atoms with Gasteiger partial charge in [0.2, 0.25) is 5.91 Å². The Balaban J connectivity index is 2.66. The van der Waals surface area contributed by atoms with Crippen molar-refractivity contribution in [1.82, 2.24) is 4.90 Å². The Morgan fingerprint density at radius 2 is 2.25 bits per heavy atom. The number of rotatable bonds is 5. The molecule has 0 aliphatic heterocycles. The summed E-state index contributed by atoms with van der Waals surface area (Å²) in [5.74, 6) is 0.0321. The Bertz CT molecular complexity index is 286. The van der Waals surface area contributed by atoms with E-state index in [4.69, 9.17) is 11.0 Å². The molecule has 0 radical (unpaired) electrons. The molecule has 1 fully saturated rings. The highest BCUT2D eigenvalue weighted by Gasteiger charge is 2.44. The van der Waals surface area contributed by atoms with Crippen molar-refractivity contribution < 1.29 is 4.79 Å². The van der Waals surface area contributed by atoms with Crippen molar-refractivity contribution >= 4 is 5.91 Å². The van der Waals surface area contributed by atoms with E-state index in [1.165, 1.54) is 0 Å². The molecule has 1 unspecified atom stereocenters. The van der Waals surface area contributed by atoms with Gasteiger partial charge in [-0.1, -0.05) is 6.42 Å². The van der Waals surface area contributed by atoms with E-state index in [1.54, 1.807) is 4.90 Å². The molecule has 0 heterocycles. The molecule has 1 aliphatic carbocycles. The molecule has 1 rings (SSSR count). The van der Waals surface area contributed by atoms with Gasteiger partial charge in [-0.15, -0.1) is 0 Å². The average Bonchev–Trinajstić information content (AvgIpc) is 2.24. The first-order chi connectivity index (χ1) is 7.59. The number of hydrogen-bond acceptors (Lipinski definition) is 3. The normalized spacial score (nSPS) is 19.4. The number of nitrogens with zero attached hydrogens (tertiary/aromatic N) is 2. The maximum Gasteiger partial charge on any atom is 0.230 e. The molecule has 0 spiro atoms. The van der Waals surface area contributed by atoms with Crippen molar-refractivity contribution in [3.05, 3.63) is 0 Å². The highest BCUT2D eigenvalue weighted by Crippen LogP contribution is 2.41. The van der Waals surface area contributed by atoms with E-state index in [0.29, 0.717) is 19.6 Å². The van der Waals surface area contributed by atoms with Crippen molar-refractivity contribution in [2.24, 2.45) is 17.1 Å². The van der Waals surface area contributed by atoms with E-state index in [1.807, 2.05) is 13.8 Å². The van der Waals surface area contributed by atoms with E-state index in [2.05, 4.69) is 6.07 Å². The van der Waals surface area contributed by atoms with Gasteiger partial charge in [0, 0.05) is 19.6 Å². The lowest BCUT2D eigenvalue weighted by Crippen LogP contribution is -2.52. The van der Waals surface area contributed by atoms with E-state index in [0.717, 1.165) is 19.3 Å². The predicted molar refractivity (Wildman–Crippen MR) is 62.4 cm³/mol. The third kappa shape index (κ3) is 2.35. The Morgan fingerprint density at radius 3 is 2.56 bits per heavy atom. The number of carbonyl (C=O) groups excluding carboxylic acids is 1. The van der Waals surface area contributed by atoms with Crippen LogP contribution in [0.3, 0.4) is 0 Å². The smallest absolute Gasteiger partial charge is 0.230 e. The summed E-state index contributed by atoms with van der Waals surface area (Å²) in [6, 6.07) is 2.16. The molecule has 0 aromatic carbocycles. The van der Waals surface area contributed by atoms with Crippen molar-refractivity contribution in [3.63, 3.8) is 0 Å². The van der Waals surface area contributed by atoms with Gasteiger partial charge < -0.3 is 10.6 Å². The molecular weight excluding hydrogens is 202 g/mol. The molecule has 1 atom stereocenters. The summed E-state index contributed by atoms with van der Waals surface area (Å²) >= 11 is 0. The Labute approximate surface area is 97.4 Å². The molecule has 90 valence electrons. The molecule has 2 N–H and O–H groups in total. The lowest BCUT2D eigenvalue weighted by molar-refractivity contribution is -0.146. The fourth-order valence-electron chi connectivity index (χ4n) is 2.17. The van der Waals surface area contributed by atoms with Crippen LogP contribution in [0.15, 0.2) is 0 Å². The summed E-state index contributed by atoms with van der Waals surface area (Å²) in [4.78, 5) is 14.1. The quantitative estimate of drug-likeness (QED) is 0.759. The summed E-state index contributed by atoms with van der Waals surface area (Å²) in [7, 11) is 0. The first kappa shape index (κ1) is 13.0. The van der Waals surface area contributed by atoms with Crippen molar-refractivity contribution in [3.8, 4) is 6.07 Å². The fraction of sp³-hybridized carbons (Fsp3) is 0.833. The molecule has 16 heavy (non-hydrogen) atoms. The van der Waals surface area contributed by atoms with Gasteiger partial charge >= 0.3 is 0 Å². The first-order valence-electron chi connectivity index (χ1n) is 5.98. The summed E-state index contributed by atoms with van der Waals surface area (Å²) in [6.07, 6.45) is 2.90. The standard InChI is InChI=1S/C12H21N3O/c1-3-15(8-10(2)7-13)11(16)12(9-14)5-4-6-12/h10H,3-6,8-9,14H2,1-2H3. The number of nitrogens with two attached hydrogens (primary N) is 1. The Kier molecular flexibility index (Phi) is 4.31. The van der Waals surface area contributed by atoms with E-state index in [9.17, 15) is 4.79 Å². The van der Waals surface area contributed by atoms with Crippen LogP contribution in [0.2, 0.25) is 0 Å². The lowest BCUT2D eigenvalue weighted by atomic mass is 9.67. The van der Waals surface area contributed by atoms with Gasteiger partial charge in [0.15, 0.2) is 0 Å². The highest BCUT2D eigenvalue weighted by atomic mass is 16.2. The van der Waals surface area contributed by atoms with Gasteiger partial charge in [0.25, 0.3) is 0 Å². The number of nitriles is 1.